The third-order valence-electron chi connectivity index (χ3n) is 2.60. The van der Waals surface area contributed by atoms with E-state index in [2.05, 4.69) is 0 Å². The van der Waals surface area contributed by atoms with Crippen molar-refractivity contribution in [2.24, 2.45) is 5.92 Å². The maximum Gasteiger partial charge on any atom is 0.307 e. The predicted octanol–water partition coefficient (Wildman–Crippen LogP) is 2.01. The fraction of sp³-hybridized carbons (Fsp3) is 0.818. The van der Waals surface area contributed by atoms with Crippen molar-refractivity contribution < 1.29 is 29.3 Å². The smallest absolute Gasteiger partial charge is 0.307 e. The lowest BCUT2D eigenvalue weighted by atomic mass is 10.0. The van der Waals surface area contributed by atoms with Crippen molar-refractivity contribution >= 4 is 19.3 Å². The molecular formula is C11H21O6P. The Morgan fingerprint density at radius 1 is 1.11 bits per heavy atom. The second-order valence-electron chi connectivity index (χ2n) is 4.62. The number of carbonyl (C=O) groups is 2. The van der Waals surface area contributed by atoms with Gasteiger partial charge in [-0.15, -0.1) is 0 Å². The Morgan fingerprint density at radius 3 is 2.11 bits per heavy atom. The second kappa shape index (κ2) is 8.27. The molecule has 0 aliphatic carbocycles. The monoisotopic (exact) mass is 280 g/mol. The maximum atomic E-state index is 11.2. The first-order chi connectivity index (χ1) is 8.22. The molecule has 0 fully saturated rings. The molecule has 0 heterocycles. The Hall–Kier alpha value is -0.870. The van der Waals surface area contributed by atoms with Crippen molar-refractivity contribution in [2.75, 3.05) is 12.8 Å². The Bertz CT molecular complexity index is 321. The van der Waals surface area contributed by atoms with Crippen LogP contribution < -0.4 is 0 Å². The zero-order valence-corrected chi connectivity index (χ0v) is 11.4. The zero-order valence-electron chi connectivity index (χ0n) is 10.5. The van der Waals surface area contributed by atoms with Gasteiger partial charge in [0.15, 0.2) is 7.37 Å². The average Bonchev–Trinajstić information content (AvgIpc) is 2.18. The maximum absolute atomic E-state index is 11.2. The average molecular weight is 280 g/mol. The van der Waals surface area contributed by atoms with Crippen LogP contribution >= 0.6 is 7.37 Å². The van der Waals surface area contributed by atoms with Crippen LogP contribution in [0.3, 0.4) is 0 Å². The highest BCUT2D eigenvalue weighted by atomic mass is 31.2. The second-order valence-corrected chi connectivity index (χ2v) is 7.08. The Balaban J connectivity index is 3.82. The van der Waals surface area contributed by atoms with Gasteiger partial charge >= 0.3 is 11.9 Å². The van der Waals surface area contributed by atoms with Crippen LogP contribution in [0.1, 0.15) is 38.5 Å². The molecule has 0 saturated carbocycles. The number of hydrogen-bond donors (Lipinski definition) is 3. The molecule has 0 rings (SSSR count). The molecule has 3 N–H and O–H groups in total. The molecule has 0 amide bonds. The molecule has 106 valence electrons. The molecule has 0 aromatic rings. The van der Waals surface area contributed by atoms with E-state index in [0.717, 1.165) is 19.5 Å². The summed E-state index contributed by atoms with van der Waals surface area (Å²) in [6.45, 7) is 1.16. The standard InChI is InChI=1S/C11H21O6P/c1-18(16,17)8-9(11(14)15)6-4-2-3-5-7-10(12)13/h9H,2-8H2,1H3,(H,12,13)(H,14,15)(H,16,17). The summed E-state index contributed by atoms with van der Waals surface area (Å²) in [6, 6.07) is 0. The fourth-order valence-corrected chi connectivity index (χ4v) is 2.88. The quantitative estimate of drug-likeness (QED) is 0.417. The van der Waals surface area contributed by atoms with E-state index in [-0.39, 0.29) is 12.6 Å². The number of hydrogen-bond acceptors (Lipinski definition) is 3. The number of carboxylic acids is 2. The molecule has 0 aliphatic heterocycles. The summed E-state index contributed by atoms with van der Waals surface area (Å²) in [5, 5.41) is 17.3. The van der Waals surface area contributed by atoms with Crippen LogP contribution in [0.4, 0.5) is 0 Å². The Kier molecular flexibility index (Phi) is 7.87. The summed E-state index contributed by atoms with van der Waals surface area (Å²) in [5.74, 6) is -2.66. The molecule has 2 unspecified atom stereocenters. The van der Waals surface area contributed by atoms with Gasteiger partial charge < -0.3 is 15.1 Å². The van der Waals surface area contributed by atoms with Crippen molar-refractivity contribution in [1.29, 1.82) is 0 Å². The van der Waals surface area contributed by atoms with E-state index in [4.69, 9.17) is 15.1 Å². The van der Waals surface area contributed by atoms with Crippen LogP contribution in [-0.4, -0.2) is 39.9 Å². The molecule has 0 saturated heterocycles. The topological polar surface area (TPSA) is 112 Å². The van der Waals surface area contributed by atoms with E-state index in [0.29, 0.717) is 19.3 Å². The minimum absolute atomic E-state index is 0.128. The van der Waals surface area contributed by atoms with Gasteiger partial charge in [-0.05, 0) is 12.8 Å². The first-order valence-corrected chi connectivity index (χ1v) is 8.25. The van der Waals surface area contributed by atoms with E-state index < -0.39 is 25.2 Å². The minimum atomic E-state index is -3.31. The zero-order chi connectivity index (χ0) is 14.2. The minimum Gasteiger partial charge on any atom is -0.481 e. The van der Waals surface area contributed by atoms with Gasteiger partial charge in [-0.25, -0.2) is 0 Å². The van der Waals surface area contributed by atoms with E-state index in [1.165, 1.54) is 0 Å². The van der Waals surface area contributed by atoms with Crippen LogP contribution in [-0.2, 0) is 14.2 Å². The van der Waals surface area contributed by atoms with Crippen molar-refractivity contribution in [2.45, 2.75) is 38.5 Å². The SMILES string of the molecule is CP(=O)(O)CC(CCCCCCC(=O)O)C(=O)O. The largest absolute Gasteiger partial charge is 0.481 e. The van der Waals surface area contributed by atoms with Gasteiger partial charge in [-0.1, -0.05) is 19.3 Å². The molecule has 0 bridgehead atoms. The van der Waals surface area contributed by atoms with Crippen molar-refractivity contribution in [1.82, 2.24) is 0 Å². The highest BCUT2D eigenvalue weighted by Crippen LogP contribution is 2.38. The molecule has 2 atom stereocenters. The number of unbranched alkanes of at least 4 members (excludes halogenated alkanes) is 3. The summed E-state index contributed by atoms with van der Waals surface area (Å²) in [4.78, 5) is 30.3. The van der Waals surface area contributed by atoms with Gasteiger partial charge in [0.25, 0.3) is 0 Å². The normalized spacial score (nSPS) is 15.9. The van der Waals surface area contributed by atoms with Crippen LogP contribution in [0, 0.1) is 5.92 Å². The van der Waals surface area contributed by atoms with Gasteiger partial charge in [-0.3, -0.25) is 14.2 Å². The summed E-state index contributed by atoms with van der Waals surface area (Å²) < 4.78 is 11.2. The highest BCUT2D eigenvalue weighted by molar-refractivity contribution is 7.57. The van der Waals surface area contributed by atoms with Gasteiger partial charge in [0, 0.05) is 19.2 Å². The van der Waals surface area contributed by atoms with Crippen LogP contribution in [0.5, 0.6) is 0 Å². The molecular weight excluding hydrogens is 259 g/mol. The lowest BCUT2D eigenvalue weighted by Crippen LogP contribution is -2.18. The lowest BCUT2D eigenvalue weighted by molar-refractivity contribution is -0.141. The Morgan fingerprint density at radius 2 is 1.67 bits per heavy atom. The summed E-state index contributed by atoms with van der Waals surface area (Å²) in [6.07, 6.45) is 3.00. The number of aliphatic carboxylic acids is 2. The van der Waals surface area contributed by atoms with Gasteiger partial charge in [0.2, 0.25) is 0 Å². The third kappa shape index (κ3) is 10.3. The molecule has 18 heavy (non-hydrogen) atoms. The number of carboxylic acid groups (broad SMARTS) is 2. The highest BCUT2D eigenvalue weighted by Gasteiger charge is 2.24. The van der Waals surface area contributed by atoms with Gasteiger partial charge in [0.1, 0.15) is 0 Å². The van der Waals surface area contributed by atoms with E-state index >= 15 is 0 Å². The van der Waals surface area contributed by atoms with Crippen molar-refractivity contribution in [3.63, 3.8) is 0 Å². The number of rotatable bonds is 10. The van der Waals surface area contributed by atoms with E-state index in [1.54, 1.807) is 0 Å². The van der Waals surface area contributed by atoms with E-state index in [1.807, 2.05) is 0 Å². The van der Waals surface area contributed by atoms with Crippen molar-refractivity contribution in [3.8, 4) is 0 Å². The molecule has 0 radical (unpaired) electrons. The third-order valence-corrected chi connectivity index (χ3v) is 3.72. The lowest BCUT2D eigenvalue weighted by Gasteiger charge is -2.13. The molecule has 0 spiro atoms. The van der Waals surface area contributed by atoms with Crippen LogP contribution in [0.15, 0.2) is 0 Å². The summed E-state index contributed by atoms with van der Waals surface area (Å²) in [7, 11) is -3.31. The predicted molar refractivity (Wildman–Crippen MR) is 67.1 cm³/mol. The summed E-state index contributed by atoms with van der Waals surface area (Å²) >= 11 is 0. The van der Waals surface area contributed by atoms with Gasteiger partial charge in [0.05, 0.1) is 5.92 Å². The molecule has 7 heteroatoms. The van der Waals surface area contributed by atoms with E-state index in [9.17, 15) is 14.2 Å². The van der Waals surface area contributed by atoms with Crippen LogP contribution in [0.25, 0.3) is 0 Å². The van der Waals surface area contributed by atoms with Gasteiger partial charge in [-0.2, -0.15) is 0 Å². The van der Waals surface area contributed by atoms with Crippen molar-refractivity contribution in [3.05, 3.63) is 0 Å². The molecule has 6 nitrogen and oxygen atoms in total. The first-order valence-electron chi connectivity index (χ1n) is 5.96. The Labute approximate surface area is 106 Å². The molecule has 0 aliphatic rings. The fourth-order valence-electron chi connectivity index (χ4n) is 1.72. The summed E-state index contributed by atoms with van der Waals surface area (Å²) in [5.41, 5.74) is 0. The van der Waals surface area contributed by atoms with Crippen LogP contribution in [0.2, 0.25) is 0 Å². The first kappa shape index (κ1) is 17.1. The molecule has 0 aromatic carbocycles. The molecule has 0 aromatic heterocycles.